The second kappa shape index (κ2) is 38.6. The highest BCUT2D eigenvalue weighted by Gasteiger charge is 2.19. The van der Waals surface area contributed by atoms with Crippen molar-refractivity contribution in [3.05, 3.63) is 374 Å². The van der Waals surface area contributed by atoms with E-state index in [-0.39, 0.29) is 33.1 Å². The Labute approximate surface area is 629 Å². The summed E-state index contributed by atoms with van der Waals surface area (Å²) in [6.07, 6.45) is 0. The van der Waals surface area contributed by atoms with Gasteiger partial charge in [0, 0.05) is 55.4 Å². The van der Waals surface area contributed by atoms with Crippen molar-refractivity contribution in [2.45, 2.75) is 0 Å². The first-order chi connectivity index (χ1) is 52.7. The van der Waals surface area contributed by atoms with Crippen LogP contribution >= 0.6 is 23.2 Å². The van der Waals surface area contributed by atoms with E-state index in [4.69, 9.17) is 43.3 Å². The minimum absolute atomic E-state index is 0.0949. The zero-order valence-electron chi connectivity index (χ0n) is 56.9. The molecule has 528 valence electrons. The molecule has 12 aromatic carbocycles. The molecule has 0 saturated heterocycles. The Balaban J connectivity index is 0.000000133. The molecule has 16 rings (SSSR count). The fraction of sp³-hybridized carbons (Fsp3) is 0. The summed E-state index contributed by atoms with van der Waals surface area (Å²) in [7, 11) is -3.44. The Morgan fingerprint density at radius 3 is 0.519 bits per heavy atom. The average molecular weight is 1470 g/mol. The fourth-order valence-corrected chi connectivity index (χ4v) is 10.4. The predicted octanol–water partition coefficient (Wildman–Crippen LogP) is 16.8. The molecule has 0 fully saturated rings. The molecule has 0 radical (unpaired) electrons. The Morgan fingerprint density at radius 1 is 0.185 bits per heavy atom. The third kappa shape index (κ3) is 21.6. The van der Waals surface area contributed by atoms with Crippen LogP contribution in [0.5, 0.6) is 0 Å². The summed E-state index contributed by atoms with van der Waals surface area (Å²) < 4.78 is 53.5. The van der Waals surface area contributed by atoms with Gasteiger partial charge in [-0.1, -0.05) is 303 Å². The van der Waals surface area contributed by atoms with Gasteiger partial charge >= 0.3 is 14.2 Å². The van der Waals surface area contributed by atoms with E-state index in [1.165, 1.54) is 60.7 Å². The molecule has 4 aromatic heterocycles. The minimum Gasteiger partial charge on any atom is -0.423 e. The number of rotatable bonds is 12. The maximum absolute atomic E-state index is 14.2. The minimum atomic E-state index is -1.72. The third-order valence-corrected chi connectivity index (χ3v) is 15.7. The lowest BCUT2D eigenvalue weighted by Gasteiger charge is -2.08. The summed E-state index contributed by atoms with van der Waals surface area (Å²) in [5.41, 5.74) is 7.66. The van der Waals surface area contributed by atoms with Crippen molar-refractivity contribution in [2.75, 3.05) is 0 Å². The van der Waals surface area contributed by atoms with Crippen LogP contribution in [0.25, 0.3) is 114 Å². The molecule has 0 amide bonds. The molecule has 0 unspecified atom stereocenters. The van der Waals surface area contributed by atoms with Crippen molar-refractivity contribution < 1.29 is 37.7 Å². The van der Waals surface area contributed by atoms with Gasteiger partial charge in [0.2, 0.25) is 10.6 Å². The van der Waals surface area contributed by atoms with Crippen molar-refractivity contribution in [1.82, 2.24) is 59.8 Å². The van der Waals surface area contributed by atoms with Gasteiger partial charge in [0.1, 0.15) is 23.3 Å². The first-order valence-corrected chi connectivity index (χ1v) is 34.0. The largest absolute Gasteiger partial charge is 0.491 e. The highest BCUT2D eigenvalue weighted by atomic mass is 35.5. The molecule has 0 aliphatic carbocycles. The standard InChI is InChI=1S/2C21H14FN3.2C15H10ClN3.2C6H6BFO2/c2*22-18-14-8-7-13-17(18)21-24-19(15-9-3-1-4-10-15)23-20(25-21)16-11-5-2-6-12-16;2*16-15-18-13(11-7-3-1-4-8-11)17-14(19-15)12-9-5-2-6-10-12;2*8-6-4-2-1-3-5(6)7(9)10/h2*1-14H;2*1-10H;2*1-4,9-10H. The first kappa shape index (κ1) is 76.1. The lowest BCUT2D eigenvalue weighted by Crippen LogP contribution is -2.32. The normalized spacial score (nSPS) is 10.3. The Bertz CT molecular complexity index is 4950. The number of hydrogen-bond acceptors (Lipinski definition) is 16. The molecule has 16 nitrogen and oxygen atoms in total. The van der Waals surface area contributed by atoms with Gasteiger partial charge < -0.3 is 20.1 Å². The molecule has 24 heteroatoms. The molecule has 0 aliphatic rings. The van der Waals surface area contributed by atoms with E-state index in [0.717, 1.165) is 44.5 Å². The maximum atomic E-state index is 14.2. The molecule has 0 aliphatic heterocycles. The number of benzene rings is 12. The van der Waals surface area contributed by atoms with Gasteiger partial charge in [-0.3, -0.25) is 0 Å². The van der Waals surface area contributed by atoms with Crippen LogP contribution in [0.3, 0.4) is 0 Å². The fourth-order valence-electron chi connectivity index (χ4n) is 10.1. The van der Waals surface area contributed by atoms with Crippen LogP contribution in [0.2, 0.25) is 10.6 Å². The van der Waals surface area contributed by atoms with Crippen LogP contribution in [-0.2, 0) is 0 Å². The van der Waals surface area contributed by atoms with Crippen molar-refractivity contribution in [2.24, 2.45) is 0 Å². The van der Waals surface area contributed by atoms with Gasteiger partial charge in [-0.2, -0.15) is 19.9 Å². The smallest absolute Gasteiger partial charge is 0.423 e. The van der Waals surface area contributed by atoms with Crippen LogP contribution in [0.4, 0.5) is 17.6 Å². The van der Waals surface area contributed by atoms with E-state index < -0.39 is 25.9 Å². The Hall–Kier alpha value is -13.1. The van der Waals surface area contributed by atoms with Gasteiger partial charge in [-0.15, -0.1) is 0 Å². The lowest BCUT2D eigenvalue weighted by atomic mass is 9.80. The molecular formula is C84H60B2Cl2F4N12O4. The van der Waals surface area contributed by atoms with Gasteiger partial charge in [0.05, 0.1) is 11.1 Å². The maximum Gasteiger partial charge on any atom is 0.491 e. The second-order valence-corrected chi connectivity index (χ2v) is 23.5. The lowest BCUT2D eigenvalue weighted by molar-refractivity contribution is 0.421. The van der Waals surface area contributed by atoms with Crippen molar-refractivity contribution in [3.63, 3.8) is 0 Å². The quantitative estimate of drug-likeness (QED) is 0.0657. The summed E-state index contributed by atoms with van der Waals surface area (Å²) in [4.78, 5) is 52.8. The molecule has 4 N–H and O–H groups in total. The van der Waals surface area contributed by atoms with E-state index in [1.807, 2.05) is 243 Å². The number of nitrogens with zero attached hydrogens (tertiary/aromatic N) is 12. The molecule has 4 heterocycles. The summed E-state index contributed by atoms with van der Waals surface area (Å²) in [6.45, 7) is 0. The van der Waals surface area contributed by atoms with Crippen molar-refractivity contribution in [1.29, 1.82) is 0 Å². The number of hydrogen-bond donors (Lipinski definition) is 4. The van der Waals surface area contributed by atoms with E-state index >= 15 is 0 Å². The molecule has 0 atom stereocenters. The predicted molar refractivity (Wildman–Crippen MR) is 416 cm³/mol. The molecule has 0 saturated carbocycles. The summed E-state index contributed by atoms with van der Waals surface area (Å²) in [5.74, 6) is 3.16. The van der Waals surface area contributed by atoms with Gasteiger partial charge in [0.15, 0.2) is 58.2 Å². The van der Waals surface area contributed by atoms with E-state index in [1.54, 1.807) is 36.4 Å². The second-order valence-electron chi connectivity index (χ2n) is 22.8. The van der Waals surface area contributed by atoms with Crippen LogP contribution < -0.4 is 10.9 Å². The summed E-state index contributed by atoms with van der Waals surface area (Å²) in [6, 6.07) is 101. The molecule has 108 heavy (non-hydrogen) atoms. The van der Waals surface area contributed by atoms with Crippen molar-refractivity contribution in [3.8, 4) is 114 Å². The van der Waals surface area contributed by atoms with Crippen LogP contribution in [0.1, 0.15) is 0 Å². The Kier molecular flexibility index (Phi) is 27.2. The summed E-state index contributed by atoms with van der Waals surface area (Å²) in [5, 5.41) is 34.5. The van der Waals surface area contributed by atoms with Crippen molar-refractivity contribution >= 4 is 48.4 Å². The van der Waals surface area contributed by atoms with E-state index in [9.17, 15) is 17.6 Å². The molecule has 16 aromatic rings. The topological polar surface area (TPSA) is 236 Å². The third-order valence-electron chi connectivity index (χ3n) is 15.3. The van der Waals surface area contributed by atoms with E-state index in [2.05, 4.69) is 59.8 Å². The molecule has 0 bridgehead atoms. The van der Waals surface area contributed by atoms with E-state index in [0.29, 0.717) is 69.4 Å². The van der Waals surface area contributed by atoms with Gasteiger partial charge in [-0.25, -0.2) is 57.4 Å². The zero-order valence-corrected chi connectivity index (χ0v) is 58.4. The number of halogens is 6. The van der Waals surface area contributed by atoms with Crippen LogP contribution in [0.15, 0.2) is 340 Å². The summed E-state index contributed by atoms with van der Waals surface area (Å²) >= 11 is 12.0. The number of aromatic nitrogens is 12. The Morgan fingerprint density at radius 2 is 0.343 bits per heavy atom. The average Bonchev–Trinajstić information content (AvgIpc) is 0.782. The highest BCUT2D eigenvalue weighted by Crippen LogP contribution is 2.29. The molecule has 0 spiro atoms. The zero-order chi connectivity index (χ0) is 75.4. The monoisotopic (exact) mass is 1470 g/mol. The van der Waals surface area contributed by atoms with Gasteiger partial charge in [-0.05, 0) is 59.6 Å². The van der Waals surface area contributed by atoms with Gasteiger partial charge in [0.25, 0.3) is 0 Å². The molecular weight excluding hydrogens is 1410 g/mol. The first-order valence-electron chi connectivity index (χ1n) is 33.2. The van der Waals surface area contributed by atoms with Crippen LogP contribution in [-0.4, -0.2) is 94.1 Å². The SMILES string of the molecule is Clc1nc(-c2ccccc2)nc(-c2ccccc2)n1.Clc1nc(-c2ccccc2)nc(-c2ccccc2)n1.Fc1ccccc1-c1nc(-c2ccccc2)nc(-c2ccccc2)n1.Fc1ccccc1-c1nc(-c2ccccc2)nc(-c2ccccc2)n1.OB(O)c1ccccc1F.OB(O)c1ccccc1F. The van der Waals surface area contributed by atoms with Crippen LogP contribution in [0, 0.1) is 23.3 Å². The highest BCUT2D eigenvalue weighted by molar-refractivity contribution is 6.59.